The molecule has 1 aliphatic rings. The molecule has 0 amide bonds. The number of rotatable bonds is 8. The molecule has 0 aromatic carbocycles. The van der Waals surface area contributed by atoms with E-state index in [1.54, 1.807) is 6.92 Å². The molecule has 0 saturated heterocycles. The van der Waals surface area contributed by atoms with Gasteiger partial charge in [-0.2, -0.15) is 0 Å². The van der Waals surface area contributed by atoms with Gasteiger partial charge in [0.25, 0.3) is 0 Å². The largest absolute Gasteiger partial charge is 0.466 e. The van der Waals surface area contributed by atoms with Gasteiger partial charge < -0.3 is 9.47 Å². The molecule has 0 heterocycles. The van der Waals surface area contributed by atoms with Crippen molar-refractivity contribution in [2.75, 3.05) is 19.8 Å². The Hall–Kier alpha value is -0.900. The van der Waals surface area contributed by atoms with E-state index in [0.717, 1.165) is 0 Å². The lowest BCUT2D eigenvalue weighted by atomic mass is 10.1. The van der Waals surface area contributed by atoms with Crippen LogP contribution in [0, 0.1) is 5.92 Å². The molecule has 98 valence electrons. The number of hydrogen-bond donors (Lipinski definition) is 0. The maximum atomic E-state index is 11.4. The van der Waals surface area contributed by atoms with Crippen LogP contribution >= 0.6 is 0 Å². The number of carbonyl (C=O) groups excluding carboxylic acids is 2. The van der Waals surface area contributed by atoms with Gasteiger partial charge in [0.05, 0.1) is 13.0 Å². The Morgan fingerprint density at radius 1 is 1.18 bits per heavy atom. The maximum absolute atomic E-state index is 11.4. The van der Waals surface area contributed by atoms with E-state index in [0.29, 0.717) is 19.1 Å². The van der Waals surface area contributed by atoms with Gasteiger partial charge in [-0.1, -0.05) is 12.8 Å². The molecule has 0 atom stereocenters. The van der Waals surface area contributed by atoms with Gasteiger partial charge in [-0.3, -0.25) is 9.59 Å². The lowest BCUT2D eigenvalue weighted by Crippen LogP contribution is -2.15. The summed E-state index contributed by atoms with van der Waals surface area (Å²) in [5, 5.41) is 0. The van der Waals surface area contributed by atoms with Crippen LogP contribution < -0.4 is 0 Å². The first-order chi connectivity index (χ1) is 8.22. The van der Waals surface area contributed by atoms with E-state index in [9.17, 15) is 9.59 Å². The van der Waals surface area contributed by atoms with Crippen LogP contribution in [0.1, 0.15) is 45.4 Å². The minimum absolute atomic E-state index is 0.0175. The lowest BCUT2D eigenvalue weighted by Gasteiger charge is -2.09. The molecular weight excluding hydrogens is 220 g/mol. The van der Waals surface area contributed by atoms with Crippen molar-refractivity contribution in [2.24, 2.45) is 5.92 Å². The van der Waals surface area contributed by atoms with Crippen LogP contribution in [0.2, 0.25) is 0 Å². The standard InChI is InChI=1S/C13H22O4/c1-2-17-13(15)8-7-12(14)10-16-9-11-5-3-4-6-11/h11H,2-10H2,1H3. The Labute approximate surface area is 103 Å². The van der Waals surface area contributed by atoms with E-state index in [1.165, 1.54) is 25.7 Å². The topological polar surface area (TPSA) is 52.6 Å². The molecule has 0 aromatic rings. The monoisotopic (exact) mass is 242 g/mol. The molecule has 0 spiro atoms. The lowest BCUT2D eigenvalue weighted by molar-refractivity contribution is -0.144. The molecule has 0 bridgehead atoms. The summed E-state index contributed by atoms with van der Waals surface area (Å²) in [5.41, 5.74) is 0. The number of ether oxygens (including phenoxy) is 2. The first-order valence-corrected chi connectivity index (χ1v) is 6.47. The molecule has 17 heavy (non-hydrogen) atoms. The average Bonchev–Trinajstić information content (AvgIpc) is 2.80. The molecule has 4 heteroatoms. The van der Waals surface area contributed by atoms with Crippen molar-refractivity contribution in [1.29, 1.82) is 0 Å². The average molecular weight is 242 g/mol. The number of esters is 1. The minimum atomic E-state index is -0.309. The Morgan fingerprint density at radius 2 is 1.88 bits per heavy atom. The number of Topliss-reactive ketones (excluding diaryl/α,β-unsaturated/α-hetero) is 1. The van der Waals surface area contributed by atoms with E-state index in [-0.39, 0.29) is 31.2 Å². The molecule has 4 nitrogen and oxygen atoms in total. The molecule has 0 unspecified atom stereocenters. The van der Waals surface area contributed by atoms with Crippen LogP contribution in [-0.4, -0.2) is 31.6 Å². The van der Waals surface area contributed by atoms with Crippen molar-refractivity contribution in [3.8, 4) is 0 Å². The number of ketones is 1. The van der Waals surface area contributed by atoms with Gasteiger partial charge in [-0.05, 0) is 25.7 Å². The van der Waals surface area contributed by atoms with Crippen molar-refractivity contribution in [2.45, 2.75) is 45.4 Å². The van der Waals surface area contributed by atoms with Gasteiger partial charge in [-0.25, -0.2) is 0 Å². The highest BCUT2D eigenvalue weighted by atomic mass is 16.5. The zero-order valence-corrected chi connectivity index (χ0v) is 10.6. The fourth-order valence-corrected chi connectivity index (χ4v) is 2.06. The third kappa shape index (κ3) is 6.41. The van der Waals surface area contributed by atoms with Crippen molar-refractivity contribution in [3.05, 3.63) is 0 Å². The second-order valence-electron chi connectivity index (χ2n) is 4.51. The van der Waals surface area contributed by atoms with E-state index >= 15 is 0 Å². The highest BCUT2D eigenvalue weighted by Gasteiger charge is 2.15. The van der Waals surface area contributed by atoms with Gasteiger partial charge in [0.2, 0.25) is 0 Å². The molecule has 1 aliphatic carbocycles. The summed E-state index contributed by atoms with van der Waals surface area (Å²) < 4.78 is 10.1. The highest BCUT2D eigenvalue weighted by Crippen LogP contribution is 2.24. The first kappa shape index (κ1) is 14.2. The summed E-state index contributed by atoms with van der Waals surface area (Å²) in [7, 11) is 0. The van der Waals surface area contributed by atoms with Crippen molar-refractivity contribution >= 4 is 11.8 Å². The van der Waals surface area contributed by atoms with Gasteiger partial charge >= 0.3 is 5.97 Å². The molecular formula is C13H22O4. The van der Waals surface area contributed by atoms with Crippen LogP contribution in [0.25, 0.3) is 0 Å². The van der Waals surface area contributed by atoms with Crippen LogP contribution in [0.5, 0.6) is 0 Å². The van der Waals surface area contributed by atoms with Crippen molar-refractivity contribution in [3.63, 3.8) is 0 Å². The second-order valence-corrected chi connectivity index (χ2v) is 4.51. The third-order valence-corrected chi connectivity index (χ3v) is 3.00. The normalized spacial score (nSPS) is 16.1. The van der Waals surface area contributed by atoms with Crippen LogP contribution in [-0.2, 0) is 19.1 Å². The predicted octanol–water partition coefficient (Wildman–Crippen LogP) is 2.11. The maximum Gasteiger partial charge on any atom is 0.306 e. The molecule has 1 rings (SSSR count). The summed E-state index contributed by atoms with van der Waals surface area (Å²) in [5.74, 6) is 0.306. The summed E-state index contributed by atoms with van der Waals surface area (Å²) in [6.45, 7) is 2.94. The van der Waals surface area contributed by atoms with E-state index in [2.05, 4.69) is 0 Å². The van der Waals surface area contributed by atoms with Gasteiger partial charge in [-0.15, -0.1) is 0 Å². The molecule has 0 aliphatic heterocycles. The smallest absolute Gasteiger partial charge is 0.306 e. The Bertz CT molecular complexity index is 244. The quantitative estimate of drug-likeness (QED) is 0.612. The summed E-state index contributed by atoms with van der Waals surface area (Å²) in [6.07, 6.45) is 5.40. The third-order valence-electron chi connectivity index (χ3n) is 3.00. The zero-order valence-electron chi connectivity index (χ0n) is 10.6. The number of hydrogen-bond acceptors (Lipinski definition) is 4. The fraction of sp³-hybridized carbons (Fsp3) is 0.846. The van der Waals surface area contributed by atoms with Gasteiger partial charge in [0.1, 0.15) is 6.61 Å². The number of carbonyl (C=O) groups is 2. The van der Waals surface area contributed by atoms with Crippen molar-refractivity contribution < 1.29 is 19.1 Å². The predicted molar refractivity (Wildman–Crippen MR) is 63.7 cm³/mol. The minimum Gasteiger partial charge on any atom is -0.466 e. The van der Waals surface area contributed by atoms with Gasteiger partial charge in [0, 0.05) is 13.0 Å². The van der Waals surface area contributed by atoms with Crippen LogP contribution in [0.15, 0.2) is 0 Å². The molecule has 0 aromatic heterocycles. The van der Waals surface area contributed by atoms with Crippen LogP contribution in [0.3, 0.4) is 0 Å². The summed E-state index contributed by atoms with van der Waals surface area (Å²) in [4.78, 5) is 22.4. The van der Waals surface area contributed by atoms with Crippen molar-refractivity contribution in [1.82, 2.24) is 0 Å². The highest BCUT2D eigenvalue weighted by molar-refractivity contribution is 5.83. The summed E-state index contributed by atoms with van der Waals surface area (Å²) >= 11 is 0. The Kier molecular flexibility index (Phi) is 6.86. The van der Waals surface area contributed by atoms with E-state index < -0.39 is 0 Å². The van der Waals surface area contributed by atoms with Gasteiger partial charge in [0.15, 0.2) is 5.78 Å². The van der Waals surface area contributed by atoms with Crippen LogP contribution in [0.4, 0.5) is 0 Å². The second kappa shape index (κ2) is 8.23. The van der Waals surface area contributed by atoms with E-state index in [4.69, 9.17) is 9.47 Å². The summed E-state index contributed by atoms with van der Waals surface area (Å²) in [6, 6.07) is 0. The van der Waals surface area contributed by atoms with E-state index in [1.807, 2.05) is 0 Å². The fourth-order valence-electron chi connectivity index (χ4n) is 2.06. The first-order valence-electron chi connectivity index (χ1n) is 6.47. The Balaban J connectivity index is 1.98. The Morgan fingerprint density at radius 3 is 2.53 bits per heavy atom. The molecule has 0 N–H and O–H groups in total. The zero-order chi connectivity index (χ0) is 12.5. The molecule has 0 radical (unpaired) electrons. The molecule has 1 saturated carbocycles. The molecule has 1 fully saturated rings. The SMILES string of the molecule is CCOC(=O)CCC(=O)COCC1CCCC1.